The van der Waals surface area contributed by atoms with Crippen LogP contribution in [0.2, 0.25) is 0 Å². The number of hydrogen-bond donors (Lipinski definition) is 10. The van der Waals surface area contributed by atoms with Gasteiger partial charge in [0.1, 0.15) is 48.8 Å². The van der Waals surface area contributed by atoms with E-state index in [1.54, 1.807) is 13.8 Å². The molecule has 7 rings (SSSR count). The fourth-order valence-electron chi connectivity index (χ4n) is 14.1. The van der Waals surface area contributed by atoms with Crippen LogP contribution in [0.4, 0.5) is 0 Å². The molecule has 0 amide bonds. The second kappa shape index (κ2) is 15.0. The molecule has 0 unspecified atom stereocenters. The van der Waals surface area contributed by atoms with Gasteiger partial charge in [0.2, 0.25) is 0 Å². The Morgan fingerprint density at radius 3 is 1.89 bits per heavy atom. The highest BCUT2D eigenvalue weighted by atomic mass is 16.8. The van der Waals surface area contributed by atoms with Crippen LogP contribution in [0.25, 0.3) is 0 Å². The average molecular weight is 817 g/mol. The van der Waals surface area contributed by atoms with Crippen molar-refractivity contribution < 1.29 is 74.7 Å². The molecule has 57 heavy (non-hydrogen) atoms. The summed E-state index contributed by atoms with van der Waals surface area (Å²) in [7, 11) is 0. The van der Waals surface area contributed by atoms with Gasteiger partial charge < -0.3 is 74.7 Å². The molecule has 4 aliphatic carbocycles. The molecule has 15 nitrogen and oxygen atoms in total. The molecule has 22 atom stereocenters. The first kappa shape index (κ1) is 44.5. The van der Waals surface area contributed by atoms with Crippen molar-refractivity contribution in [1.29, 1.82) is 0 Å². The van der Waals surface area contributed by atoms with Crippen LogP contribution >= 0.6 is 0 Å². The maximum atomic E-state index is 12.4. The Bertz CT molecular complexity index is 1440. The van der Waals surface area contributed by atoms with Gasteiger partial charge in [0.15, 0.2) is 12.6 Å². The molecule has 7 fully saturated rings. The van der Waals surface area contributed by atoms with Crippen molar-refractivity contribution in [3.8, 4) is 0 Å². The first-order chi connectivity index (χ1) is 26.4. The summed E-state index contributed by atoms with van der Waals surface area (Å²) in [4.78, 5) is 0. The smallest absolute Gasteiger partial charge is 0.187 e. The Morgan fingerprint density at radius 2 is 1.30 bits per heavy atom. The van der Waals surface area contributed by atoms with Gasteiger partial charge in [-0.2, -0.15) is 0 Å². The van der Waals surface area contributed by atoms with Gasteiger partial charge in [0, 0.05) is 0 Å². The summed E-state index contributed by atoms with van der Waals surface area (Å²) < 4.78 is 31.8. The summed E-state index contributed by atoms with van der Waals surface area (Å²) in [5, 5.41) is 109. The summed E-state index contributed by atoms with van der Waals surface area (Å²) in [6.07, 6.45) is -12.6. The number of aliphatic hydroxyl groups is 10. The van der Waals surface area contributed by atoms with Crippen molar-refractivity contribution in [2.45, 2.75) is 204 Å². The highest BCUT2D eigenvalue weighted by Gasteiger charge is 2.74. The Labute approximate surface area is 336 Å². The van der Waals surface area contributed by atoms with E-state index in [9.17, 15) is 51.1 Å². The van der Waals surface area contributed by atoms with Gasteiger partial charge >= 0.3 is 0 Å². The molecule has 0 aromatic carbocycles. The fourth-order valence-corrected chi connectivity index (χ4v) is 14.1. The van der Waals surface area contributed by atoms with Crippen LogP contribution in [-0.2, 0) is 23.7 Å². The van der Waals surface area contributed by atoms with Crippen molar-refractivity contribution in [3.05, 3.63) is 0 Å². The van der Waals surface area contributed by atoms with Gasteiger partial charge in [-0.15, -0.1) is 0 Å². The highest BCUT2D eigenvalue weighted by molar-refractivity contribution is 5.22. The van der Waals surface area contributed by atoms with Crippen molar-refractivity contribution in [3.63, 3.8) is 0 Å². The minimum absolute atomic E-state index is 0.0316. The Balaban J connectivity index is 1.26. The van der Waals surface area contributed by atoms with Gasteiger partial charge in [0.25, 0.3) is 0 Å². The average Bonchev–Trinajstić information content (AvgIpc) is 3.73. The van der Waals surface area contributed by atoms with E-state index >= 15 is 0 Å². The van der Waals surface area contributed by atoms with E-state index in [1.807, 2.05) is 13.8 Å². The van der Waals surface area contributed by atoms with E-state index in [1.165, 1.54) is 0 Å². The zero-order valence-electron chi connectivity index (χ0n) is 35.0. The minimum atomic E-state index is -1.81. The number of rotatable bonds is 8. The second-order valence-electron chi connectivity index (χ2n) is 21.2. The molecule has 0 aromatic rings. The van der Waals surface area contributed by atoms with E-state index < -0.39 is 126 Å². The molecule has 10 N–H and O–H groups in total. The third-order valence-corrected chi connectivity index (χ3v) is 17.4. The standard InChI is InChI=1S/C42H72O15/c1-37(2)25(46)10-12-39(5)24-15-20(45)27-19(42(8)14-11-26(57-42)38(3,4)52)9-13-40(27,6)41(24,7)16-21(34(37)39)53-36-33(31(50)29(48)23(18-44)55-36)56-35-32(51)30(49)28(47)22(17-43)54-35/h19-36,43-52H,9-18H2,1-8H3/t19-,20+,21-,22+,23+,24+,25-,26-,27-,28+,29+,30-,31-,32+,33+,34-,35-,36+,39+,40+,41+,42-/m0/s1. The summed E-state index contributed by atoms with van der Waals surface area (Å²) >= 11 is 0. The third kappa shape index (κ3) is 6.80. The number of fused-ring (bicyclic) bond motifs is 5. The lowest BCUT2D eigenvalue weighted by molar-refractivity contribution is -0.383. The van der Waals surface area contributed by atoms with Gasteiger partial charge in [-0.3, -0.25) is 0 Å². The molecule has 7 aliphatic rings. The molecule has 4 saturated carbocycles. The first-order valence-electron chi connectivity index (χ1n) is 21.4. The molecule has 3 heterocycles. The maximum Gasteiger partial charge on any atom is 0.187 e. The van der Waals surface area contributed by atoms with Crippen molar-refractivity contribution in [1.82, 2.24) is 0 Å². The summed E-state index contributed by atoms with van der Waals surface area (Å²) in [5.41, 5.74) is -3.49. The highest BCUT2D eigenvalue weighted by Crippen LogP contribution is 2.76. The van der Waals surface area contributed by atoms with Crippen LogP contribution in [0.1, 0.15) is 107 Å². The molecular formula is C42H72O15. The monoisotopic (exact) mass is 816 g/mol. The van der Waals surface area contributed by atoms with E-state index in [4.69, 9.17) is 23.7 Å². The fraction of sp³-hybridized carbons (Fsp3) is 1.00. The van der Waals surface area contributed by atoms with Crippen LogP contribution < -0.4 is 0 Å². The zero-order valence-corrected chi connectivity index (χ0v) is 35.0. The van der Waals surface area contributed by atoms with E-state index in [0.29, 0.717) is 25.7 Å². The van der Waals surface area contributed by atoms with Crippen LogP contribution in [0, 0.1) is 45.3 Å². The van der Waals surface area contributed by atoms with Crippen LogP contribution in [-0.4, -0.2) is 161 Å². The van der Waals surface area contributed by atoms with Gasteiger partial charge in [-0.05, 0) is 117 Å². The normalized spacial score (nSPS) is 56.5. The Kier molecular flexibility index (Phi) is 11.7. The van der Waals surface area contributed by atoms with Crippen molar-refractivity contribution in [2.75, 3.05) is 13.2 Å². The van der Waals surface area contributed by atoms with Gasteiger partial charge in [-0.1, -0.05) is 34.6 Å². The molecule has 3 saturated heterocycles. The lowest BCUT2D eigenvalue weighted by Crippen LogP contribution is -2.71. The van der Waals surface area contributed by atoms with Gasteiger partial charge in [0.05, 0.1) is 48.8 Å². The lowest BCUT2D eigenvalue weighted by atomic mass is 9.34. The largest absolute Gasteiger partial charge is 0.394 e. The van der Waals surface area contributed by atoms with Crippen LogP contribution in [0.3, 0.4) is 0 Å². The minimum Gasteiger partial charge on any atom is -0.394 e. The third-order valence-electron chi connectivity index (χ3n) is 17.4. The molecular weight excluding hydrogens is 744 g/mol. The summed E-state index contributed by atoms with van der Waals surface area (Å²) in [6, 6.07) is 0. The summed E-state index contributed by atoms with van der Waals surface area (Å²) in [5.74, 6) is -0.343. The number of aliphatic hydroxyl groups excluding tert-OH is 9. The molecule has 0 radical (unpaired) electrons. The topological polar surface area (TPSA) is 248 Å². The predicted molar refractivity (Wildman–Crippen MR) is 202 cm³/mol. The van der Waals surface area contributed by atoms with Crippen molar-refractivity contribution in [2.24, 2.45) is 45.3 Å². The van der Waals surface area contributed by atoms with E-state index in [0.717, 1.165) is 25.7 Å². The second-order valence-corrected chi connectivity index (χ2v) is 21.2. The SMILES string of the molecule is CC(C)(O)[C@@H]1CC[C@@](C)([C@H]2CC[C@]3(C)[C@@H]2[C@H](O)C[C@@H]2[C@@]4(C)CC[C@H](O)C(C)(C)[C@@H]4[C@@H](O[C@@H]4O[C@H](CO)[C@@H](O)[C@H](O)[C@H]4O[C@@H]4O[C@H](CO)[C@@H](O)[C@H](O)[C@H]4O)C[C@]23C)O1. The molecule has 15 heteroatoms. The number of ether oxygens (including phenoxy) is 5. The van der Waals surface area contributed by atoms with Crippen LogP contribution in [0.5, 0.6) is 0 Å². The zero-order chi connectivity index (χ0) is 42.0. The van der Waals surface area contributed by atoms with E-state index in [-0.39, 0.29) is 29.8 Å². The Hall–Kier alpha value is -0.600. The van der Waals surface area contributed by atoms with Gasteiger partial charge in [-0.25, -0.2) is 0 Å². The number of hydrogen-bond acceptors (Lipinski definition) is 15. The van der Waals surface area contributed by atoms with Crippen LogP contribution in [0.15, 0.2) is 0 Å². The molecule has 330 valence electrons. The van der Waals surface area contributed by atoms with Crippen molar-refractivity contribution >= 4 is 0 Å². The predicted octanol–water partition coefficient (Wildman–Crippen LogP) is 0.331. The molecule has 0 bridgehead atoms. The molecule has 0 spiro atoms. The Morgan fingerprint density at radius 1 is 0.684 bits per heavy atom. The summed E-state index contributed by atoms with van der Waals surface area (Å²) in [6.45, 7) is 15.3. The first-order valence-corrected chi connectivity index (χ1v) is 21.4. The maximum absolute atomic E-state index is 12.4. The molecule has 3 aliphatic heterocycles. The molecule has 0 aromatic heterocycles. The van der Waals surface area contributed by atoms with E-state index in [2.05, 4.69) is 27.7 Å². The lowest BCUT2D eigenvalue weighted by Gasteiger charge is -2.72. The quantitative estimate of drug-likeness (QED) is 0.148.